The number of carbonyl (C=O) groups excluding carboxylic acids is 6. The Labute approximate surface area is 139 Å². The minimum atomic E-state index is -0.783. The van der Waals surface area contributed by atoms with Gasteiger partial charge in [-0.2, -0.15) is 0 Å². The van der Waals surface area contributed by atoms with Gasteiger partial charge in [0.15, 0.2) is 23.1 Å². The van der Waals surface area contributed by atoms with Crippen molar-refractivity contribution in [3.8, 4) is 0 Å². The number of rotatable bonds is 12. The molecule has 0 saturated heterocycles. The maximum absolute atomic E-state index is 11.3. The molecule has 0 aromatic rings. The second kappa shape index (κ2) is 11.9. The molecule has 0 saturated carbocycles. The van der Waals surface area contributed by atoms with Crippen LogP contribution < -0.4 is 0 Å². The van der Waals surface area contributed by atoms with Gasteiger partial charge in [-0.05, 0) is 12.8 Å². The quantitative estimate of drug-likeness (QED) is 0.218. The van der Waals surface area contributed by atoms with Gasteiger partial charge >= 0.3 is 11.9 Å². The van der Waals surface area contributed by atoms with E-state index in [9.17, 15) is 28.8 Å². The Kier molecular flexibility index (Phi) is 10.6. The second-order valence-electron chi connectivity index (χ2n) is 4.83. The van der Waals surface area contributed by atoms with Crippen molar-refractivity contribution in [1.82, 2.24) is 0 Å². The predicted octanol–water partition coefficient (Wildman–Crippen LogP) is 0.506. The van der Waals surface area contributed by atoms with Crippen LogP contribution in [-0.4, -0.2) is 48.3 Å². The molecule has 0 unspecified atom stereocenters. The fraction of sp³-hybridized carbons (Fsp3) is 0.500. The molecule has 8 heteroatoms. The van der Waals surface area contributed by atoms with Gasteiger partial charge in [0.2, 0.25) is 0 Å². The summed E-state index contributed by atoms with van der Waals surface area (Å²) in [6.07, 6.45) is 2.16. The molecule has 0 heterocycles. The molecule has 0 amide bonds. The standard InChI is InChI=1S/C16H20O8/c1-11(17)13(19)5-3-9-23-15(21)7-8-16(22)24-10-4-6-14(20)12(2)18/h7-8H,3-6,9-10H2,1-2H3/b8-7-. The maximum Gasteiger partial charge on any atom is 0.331 e. The van der Waals surface area contributed by atoms with E-state index < -0.39 is 35.1 Å². The van der Waals surface area contributed by atoms with E-state index >= 15 is 0 Å². The zero-order valence-electron chi connectivity index (χ0n) is 13.7. The van der Waals surface area contributed by atoms with E-state index in [0.717, 1.165) is 12.2 Å². The molecule has 0 aliphatic heterocycles. The summed E-state index contributed by atoms with van der Waals surface area (Å²) in [6.45, 7) is 2.23. The topological polar surface area (TPSA) is 121 Å². The minimum absolute atomic E-state index is 0.00659. The van der Waals surface area contributed by atoms with Crippen LogP contribution in [0, 0.1) is 0 Å². The van der Waals surface area contributed by atoms with Crippen LogP contribution in [0.1, 0.15) is 39.5 Å². The van der Waals surface area contributed by atoms with E-state index in [0.29, 0.717) is 0 Å². The molecular formula is C16H20O8. The molecule has 0 aromatic carbocycles. The predicted molar refractivity (Wildman–Crippen MR) is 80.9 cm³/mol. The lowest BCUT2D eigenvalue weighted by Gasteiger charge is -2.01. The van der Waals surface area contributed by atoms with Crippen LogP contribution in [-0.2, 0) is 38.2 Å². The number of esters is 2. The third kappa shape index (κ3) is 11.0. The minimum Gasteiger partial charge on any atom is -0.463 e. The number of carbonyl (C=O) groups is 6. The Hall–Kier alpha value is -2.64. The Morgan fingerprint density at radius 3 is 1.29 bits per heavy atom. The van der Waals surface area contributed by atoms with E-state index in [-0.39, 0.29) is 38.9 Å². The van der Waals surface area contributed by atoms with Gasteiger partial charge in [-0.15, -0.1) is 0 Å². The number of hydrogen-bond donors (Lipinski definition) is 0. The normalized spacial score (nSPS) is 10.2. The summed E-state index contributed by atoms with van der Waals surface area (Å²) in [5.74, 6) is -3.73. The van der Waals surface area contributed by atoms with Crippen LogP contribution in [0.5, 0.6) is 0 Å². The first kappa shape index (κ1) is 21.4. The van der Waals surface area contributed by atoms with E-state index in [2.05, 4.69) is 0 Å². The first-order chi connectivity index (χ1) is 11.2. The zero-order chi connectivity index (χ0) is 18.5. The molecule has 0 atom stereocenters. The van der Waals surface area contributed by atoms with Crippen molar-refractivity contribution >= 4 is 35.1 Å². The van der Waals surface area contributed by atoms with Crippen LogP contribution in [0.2, 0.25) is 0 Å². The molecule has 0 fully saturated rings. The SMILES string of the molecule is CC(=O)C(=O)CCCOC(=O)/C=C\C(=O)OCCCC(=O)C(C)=O. The highest BCUT2D eigenvalue weighted by atomic mass is 16.5. The summed E-state index contributed by atoms with van der Waals surface area (Å²) in [7, 11) is 0. The average Bonchev–Trinajstić information content (AvgIpc) is 2.52. The second-order valence-corrected chi connectivity index (χ2v) is 4.83. The van der Waals surface area contributed by atoms with Crippen molar-refractivity contribution in [3.05, 3.63) is 12.2 Å². The molecular weight excluding hydrogens is 320 g/mol. The van der Waals surface area contributed by atoms with Crippen LogP contribution in [0.25, 0.3) is 0 Å². The lowest BCUT2D eigenvalue weighted by Crippen LogP contribution is -2.12. The van der Waals surface area contributed by atoms with Gasteiger partial charge in [0, 0.05) is 38.8 Å². The highest BCUT2D eigenvalue weighted by molar-refractivity contribution is 6.36. The van der Waals surface area contributed by atoms with E-state index in [1.54, 1.807) is 0 Å². The maximum atomic E-state index is 11.3. The molecule has 0 spiro atoms. The van der Waals surface area contributed by atoms with Gasteiger partial charge in [-0.3, -0.25) is 19.2 Å². The first-order valence-corrected chi connectivity index (χ1v) is 7.33. The van der Waals surface area contributed by atoms with Gasteiger partial charge in [0.05, 0.1) is 13.2 Å². The van der Waals surface area contributed by atoms with Gasteiger partial charge < -0.3 is 9.47 Å². The zero-order valence-corrected chi connectivity index (χ0v) is 13.7. The Bertz CT molecular complexity index is 496. The van der Waals surface area contributed by atoms with Crippen molar-refractivity contribution in [2.75, 3.05) is 13.2 Å². The van der Waals surface area contributed by atoms with Crippen LogP contribution in [0.15, 0.2) is 12.2 Å². The summed E-state index contributed by atoms with van der Waals surface area (Å²) in [4.78, 5) is 65.9. The molecule has 0 aliphatic rings. The van der Waals surface area contributed by atoms with Crippen molar-refractivity contribution < 1.29 is 38.2 Å². The first-order valence-electron chi connectivity index (χ1n) is 7.33. The van der Waals surface area contributed by atoms with Crippen molar-refractivity contribution in [2.45, 2.75) is 39.5 Å². The van der Waals surface area contributed by atoms with Crippen molar-refractivity contribution in [2.24, 2.45) is 0 Å². The highest BCUT2D eigenvalue weighted by Crippen LogP contribution is 1.96. The fourth-order valence-electron chi connectivity index (χ4n) is 1.40. The molecule has 132 valence electrons. The monoisotopic (exact) mass is 340 g/mol. The van der Waals surface area contributed by atoms with Gasteiger partial charge in [0.25, 0.3) is 0 Å². The summed E-state index contributed by atoms with van der Waals surface area (Å²) in [5, 5.41) is 0. The third-order valence-corrected chi connectivity index (χ3v) is 2.73. The Balaban J connectivity index is 3.83. The van der Waals surface area contributed by atoms with Crippen LogP contribution in [0.4, 0.5) is 0 Å². The van der Waals surface area contributed by atoms with E-state index in [4.69, 9.17) is 9.47 Å². The molecule has 0 rings (SSSR count). The van der Waals surface area contributed by atoms with Crippen LogP contribution in [0.3, 0.4) is 0 Å². The molecule has 0 bridgehead atoms. The molecule has 0 radical (unpaired) electrons. The number of hydrogen-bond acceptors (Lipinski definition) is 8. The Morgan fingerprint density at radius 1 is 0.667 bits per heavy atom. The lowest BCUT2D eigenvalue weighted by molar-refractivity contribution is -0.141. The number of ether oxygens (including phenoxy) is 2. The molecule has 8 nitrogen and oxygen atoms in total. The number of Topliss-reactive ketones (excluding diaryl/α,β-unsaturated/α-hetero) is 4. The highest BCUT2D eigenvalue weighted by Gasteiger charge is 2.09. The summed E-state index contributed by atoms with van der Waals surface area (Å²) < 4.78 is 9.45. The molecule has 0 N–H and O–H groups in total. The number of ketones is 4. The van der Waals surface area contributed by atoms with Gasteiger partial charge in [0.1, 0.15) is 0 Å². The average molecular weight is 340 g/mol. The van der Waals surface area contributed by atoms with E-state index in [1.165, 1.54) is 13.8 Å². The largest absolute Gasteiger partial charge is 0.463 e. The van der Waals surface area contributed by atoms with E-state index in [1.807, 2.05) is 0 Å². The summed E-state index contributed by atoms with van der Waals surface area (Å²) in [5.41, 5.74) is 0. The third-order valence-electron chi connectivity index (χ3n) is 2.73. The molecule has 0 aliphatic carbocycles. The van der Waals surface area contributed by atoms with Gasteiger partial charge in [-0.25, -0.2) is 9.59 Å². The fourth-order valence-corrected chi connectivity index (χ4v) is 1.40. The van der Waals surface area contributed by atoms with Crippen LogP contribution >= 0.6 is 0 Å². The Morgan fingerprint density at radius 2 is 1.00 bits per heavy atom. The summed E-state index contributed by atoms with van der Waals surface area (Å²) >= 11 is 0. The smallest absolute Gasteiger partial charge is 0.331 e. The van der Waals surface area contributed by atoms with Gasteiger partial charge in [-0.1, -0.05) is 0 Å². The molecule has 24 heavy (non-hydrogen) atoms. The van der Waals surface area contributed by atoms with Crippen molar-refractivity contribution in [3.63, 3.8) is 0 Å². The lowest BCUT2D eigenvalue weighted by atomic mass is 10.2. The molecule has 0 aromatic heterocycles. The summed E-state index contributed by atoms with van der Waals surface area (Å²) in [6, 6.07) is 0. The van der Waals surface area contributed by atoms with Crippen molar-refractivity contribution in [1.29, 1.82) is 0 Å².